The average molecular weight is 608 g/mol. The van der Waals surface area contributed by atoms with Gasteiger partial charge in [0.1, 0.15) is 11.2 Å². The third kappa shape index (κ3) is 5.09. The van der Waals surface area contributed by atoms with Crippen molar-refractivity contribution in [3.63, 3.8) is 0 Å². The van der Waals surface area contributed by atoms with Gasteiger partial charge < -0.3 is 4.42 Å². The Morgan fingerprint density at radius 1 is 0.383 bits per heavy atom. The van der Waals surface area contributed by atoms with Gasteiger partial charge in [-0.25, -0.2) is 0 Å². The van der Waals surface area contributed by atoms with E-state index in [4.69, 9.17) is 4.42 Å². The Kier molecular flexibility index (Phi) is 6.90. The van der Waals surface area contributed by atoms with Crippen LogP contribution in [0.5, 0.6) is 0 Å². The second kappa shape index (κ2) is 11.7. The second-order valence-electron chi connectivity index (χ2n) is 12.3. The molecule has 0 bridgehead atoms. The van der Waals surface area contributed by atoms with Crippen molar-refractivity contribution < 1.29 is 4.42 Å². The predicted molar refractivity (Wildman–Crippen MR) is 193 cm³/mol. The normalized spacial score (nSPS) is 18.2. The third-order valence-corrected chi connectivity index (χ3v) is 9.37. The molecule has 3 N–H and O–H groups in total. The van der Waals surface area contributed by atoms with E-state index in [0.717, 1.165) is 21.9 Å². The third-order valence-electron chi connectivity index (χ3n) is 9.37. The average Bonchev–Trinajstić information content (AvgIpc) is 3.54. The molecule has 226 valence electrons. The predicted octanol–water partition coefficient (Wildman–Crippen LogP) is 10.3. The van der Waals surface area contributed by atoms with Crippen LogP contribution in [0.4, 0.5) is 0 Å². The molecule has 4 nitrogen and oxygen atoms in total. The second-order valence-corrected chi connectivity index (χ2v) is 12.3. The van der Waals surface area contributed by atoms with E-state index in [1.54, 1.807) is 0 Å². The van der Waals surface area contributed by atoms with E-state index in [0.29, 0.717) is 0 Å². The Morgan fingerprint density at radius 2 is 0.979 bits per heavy atom. The highest BCUT2D eigenvalue weighted by Gasteiger charge is 2.30. The monoisotopic (exact) mass is 607 g/mol. The van der Waals surface area contributed by atoms with Crippen LogP contribution in [0.3, 0.4) is 0 Å². The smallest absolute Gasteiger partial charge is 0.136 e. The van der Waals surface area contributed by atoms with E-state index in [1.807, 2.05) is 12.1 Å². The summed E-state index contributed by atoms with van der Waals surface area (Å²) in [4.78, 5) is 0. The number of rotatable bonds is 5. The number of hydrogen-bond donors (Lipinski definition) is 3. The van der Waals surface area contributed by atoms with Gasteiger partial charge in [0.15, 0.2) is 0 Å². The molecule has 47 heavy (non-hydrogen) atoms. The van der Waals surface area contributed by atoms with Crippen molar-refractivity contribution in [3.05, 3.63) is 180 Å². The van der Waals surface area contributed by atoms with E-state index in [9.17, 15) is 0 Å². The highest BCUT2D eigenvalue weighted by atomic mass is 16.3. The van der Waals surface area contributed by atoms with Gasteiger partial charge in [0.2, 0.25) is 0 Å². The first-order valence-corrected chi connectivity index (χ1v) is 16.2. The molecule has 1 fully saturated rings. The lowest BCUT2D eigenvalue weighted by atomic mass is 9.91. The summed E-state index contributed by atoms with van der Waals surface area (Å²) in [6, 6.07) is 58.1. The zero-order valence-electron chi connectivity index (χ0n) is 25.7. The molecule has 9 rings (SSSR count). The molecule has 3 atom stereocenters. The molecular formula is C43H33N3O. The van der Waals surface area contributed by atoms with Crippen LogP contribution in [0.15, 0.2) is 168 Å². The molecule has 1 aromatic heterocycles. The number of benzene rings is 7. The van der Waals surface area contributed by atoms with Gasteiger partial charge in [-0.15, -0.1) is 0 Å². The van der Waals surface area contributed by atoms with Crippen molar-refractivity contribution in [2.24, 2.45) is 0 Å². The SMILES string of the molecule is c1ccc(-c2cccc(C3NC(c4ccccc4)NC(c4cc(-c5cccc6oc7ccccc7c56)c5ccccc5c4)N3)c2)cc1. The van der Waals surface area contributed by atoms with Crippen LogP contribution in [0.1, 0.15) is 35.2 Å². The quantitative estimate of drug-likeness (QED) is 0.182. The molecule has 7 aromatic carbocycles. The van der Waals surface area contributed by atoms with Gasteiger partial charge in [0.25, 0.3) is 0 Å². The Bertz CT molecular complexity index is 2360. The molecule has 1 saturated heterocycles. The highest BCUT2D eigenvalue weighted by Crippen LogP contribution is 2.41. The van der Waals surface area contributed by atoms with Crippen LogP contribution in [0, 0.1) is 0 Å². The zero-order chi connectivity index (χ0) is 31.2. The molecule has 0 saturated carbocycles. The molecule has 8 aromatic rings. The topological polar surface area (TPSA) is 49.2 Å². The van der Waals surface area contributed by atoms with E-state index in [2.05, 4.69) is 168 Å². The van der Waals surface area contributed by atoms with Crippen molar-refractivity contribution in [2.75, 3.05) is 0 Å². The number of para-hydroxylation sites is 1. The van der Waals surface area contributed by atoms with Crippen molar-refractivity contribution >= 4 is 32.7 Å². The first-order valence-electron chi connectivity index (χ1n) is 16.2. The maximum Gasteiger partial charge on any atom is 0.136 e. The molecule has 1 aliphatic heterocycles. The van der Waals surface area contributed by atoms with Crippen LogP contribution < -0.4 is 16.0 Å². The lowest BCUT2D eigenvalue weighted by Crippen LogP contribution is -2.54. The van der Waals surface area contributed by atoms with Crippen LogP contribution in [-0.2, 0) is 0 Å². The minimum atomic E-state index is -0.129. The largest absolute Gasteiger partial charge is 0.456 e. The fraction of sp³-hybridized carbons (Fsp3) is 0.0698. The molecule has 0 aliphatic carbocycles. The molecule has 2 heterocycles. The minimum absolute atomic E-state index is 0.0657. The standard InChI is InChI=1S/C43H33N3O/c1-3-13-28(14-4-1)30-18-11-19-32(25-30)42-44-41(29-15-5-2-6-16-29)45-43(46-42)33-26-31-17-7-8-20-34(31)37(27-33)35-22-12-24-39-40(35)36-21-9-10-23-38(36)47-39/h1-27,41-46H. The Labute approximate surface area is 273 Å². The molecule has 4 heteroatoms. The van der Waals surface area contributed by atoms with Crippen LogP contribution in [-0.4, -0.2) is 0 Å². The molecule has 0 radical (unpaired) electrons. The number of nitrogens with one attached hydrogen (secondary N) is 3. The van der Waals surface area contributed by atoms with Gasteiger partial charge in [0, 0.05) is 10.8 Å². The number of hydrogen-bond acceptors (Lipinski definition) is 4. The summed E-state index contributed by atoms with van der Waals surface area (Å²) in [6.45, 7) is 0. The Balaban J connectivity index is 1.18. The fourth-order valence-corrected chi connectivity index (χ4v) is 7.12. The van der Waals surface area contributed by atoms with E-state index in [1.165, 1.54) is 49.7 Å². The summed E-state index contributed by atoms with van der Waals surface area (Å²) < 4.78 is 6.31. The van der Waals surface area contributed by atoms with Crippen molar-refractivity contribution in [1.82, 2.24) is 16.0 Å². The highest BCUT2D eigenvalue weighted by molar-refractivity contribution is 6.15. The van der Waals surface area contributed by atoms with Gasteiger partial charge in [-0.1, -0.05) is 133 Å². The summed E-state index contributed by atoms with van der Waals surface area (Å²) in [7, 11) is 0. The van der Waals surface area contributed by atoms with Crippen molar-refractivity contribution in [3.8, 4) is 22.3 Å². The minimum Gasteiger partial charge on any atom is -0.456 e. The summed E-state index contributed by atoms with van der Waals surface area (Å²) in [6.07, 6.45) is -0.286. The first-order chi connectivity index (χ1) is 23.3. The van der Waals surface area contributed by atoms with Gasteiger partial charge in [-0.3, -0.25) is 16.0 Å². The van der Waals surface area contributed by atoms with Gasteiger partial charge in [-0.05, 0) is 80.0 Å². The Hall–Kier alpha value is -5.52. The molecule has 1 aliphatic rings. The zero-order valence-corrected chi connectivity index (χ0v) is 25.7. The maximum atomic E-state index is 6.31. The summed E-state index contributed by atoms with van der Waals surface area (Å²) >= 11 is 0. The van der Waals surface area contributed by atoms with Crippen LogP contribution in [0.25, 0.3) is 55.0 Å². The molecule has 0 amide bonds. The van der Waals surface area contributed by atoms with Gasteiger partial charge >= 0.3 is 0 Å². The number of fused-ring (bicyclic) bond motifs is 4. The lowest BCUT2D eigenvalue weighted by molar-refractivity contribution is 0.203. The molecule has 0 spiro atoms. The van der Waals surface area contributed by atoms with Crippen molar-refractivity contribution in [2.45, 2.75) is 18.5 Å². The van der Waals surface area contributed by atoms with Crippen LogP contribution in [0.2, 0.25) is 0 Å². The van der Waals surface area contributed by atoms with E-state index >= 15 is 0 Å². The van der Waals surface area contributed by atoms with E-state index < -0.39 is 0 Å². The molecular weight excluding hydrogens is 574 g/mol. The van der Waals surface area contributed by atoms with E-state index in [-0.39, 0.29) is 18.5 Å². The van der Waals surface area contributed by atoms with Crippen molar-refractivity contribution in [1.29, 1.82) is 0 Å². The maximum absolute atomic E-state index is 6.31. The van der Waals surface area contributed by atoms with Gasteiger partial charge in [0.05, 0.1) is 18.5 Å². The number of furan rings is 1. The summed E-state index contributed by atoms with van der Waals surface area (Å²) in [5, 5.41) is 16.4. The summed E-state index contributed by atoms with van der Waals surface area (Å²) in [5.41, 5.74) is 10.1. The first kappa shape index (κ1) is 27.8. The molecule has 3 unspecified atom stereocenters. The van der Waals surface area contributed by atoms with Gasteiger partial charge in [-0.2, -0.15) is 0 Å². The summed E-state index contributed by atoms with van der Waals surface area (Å²) in [5.74, 6) is 0. The lowest BCUT2D eigenvalue weighted by Gasteiger charge is -2.40. The Morgan fingerprint density at radius 3 is 1.81 bits per heavy atom. The fourth-order valence-electron chi connectivity index (χ4n) is 7.12. The van der Waals surface area contributed by atoms with Crippen LogP contribution >= 0.6 is 0 Å².